The highest BCUT2D eigenvalue weighted by atomic mass is 35.5. The molecule has 0 amide bonds. The SMILES string of the molecule is Cc1cc(C)n([C@H]2[C@@H]3OC[C@@H](O3)[C@@H](NCc3ccc(Cl)c(Cl)c3)[C@@H]2O)n1. The molecule has 0 radical (unpaired) electrons. The summed E-state index contributed by atoms with van der Waals surface area (Å²) in [6.07, 6.45) is -1.39. The minimum Gasteiger partial charge on any atom is -0.389 e. The van der Waals surface area contributed by atoms with Crippen LogP contribution in [0.5, 0.6) is 0 Å². The van der Waals surface area contributed by atoms with Gasteiger partial charge in [0.25, 0.3) is 0 Å². The molecule has 26 heavy (non-hydrogen) atoms. The largest absolute Gasteiger partial charge is 0.389 e. The van der Waals surface area contributed by atoms with Gasteiger partial charge in [-0.2, -0.15) is 5.10 Å². The number of hydrogen-bond donors (Lipinski definition) is 2. The highest BCUT2D eigenvalue weighted by Gasteiger charge is 2.51. The topological polar surface area (TPSA) is 68.5 Å². The van der Waals surface area contributed by atoms with E-state index in [9.17, 15) is 5.11 Å². The van der Waals surface area contributed by atoms with Crippen molar-refractivity contribution in [2.75, 3.05) is 6.61 Å². The number of ether oxygens (including phenoxy) is 2. The molecule has 2 saturated heterocycles. The van der Waals surface area contributed by atoms with Crippen LogP contribution in [-0.4, -0.2) is 46.0 Å². The van der Waals surface area contributed by atoms with Gasteiger partial charge in [0.15, 0.2) is 6.29 Å². The maximum absolute atomic E-state index is 11.0. The molecule has 2 N–H and O–H groups in total. The number of halogens is 2. The molecule has 140 valence electrons. The lowest BCUT2D eigenvalue weighted by molar-refractivity contribution is -0.168. The molecule has 1 aromatic carbocycles. The molecular weight excluding hydrogens is 377 g/mol. The Balaban J connectivity index is 1.54. The summed E-state index contributed by atoms with van der Waals surface area (Å²) in [5.74, 6) is 0. The molecule has 8 heteroatoms. The number of aliphatic hydroxyl groups is 1. The third kappa shape index (κ3) is 3.26. The standard InChI is InChI=1S/C18H21Cl2N3O3/c1-9-5-10(2)23(22-9)16-17(24)15(14-8-25-18(16)26-14)21-7-11-3-4-12(19)13(20)6-11/h3-6,14-18,21,24H,7-8H2,1-2H3/t14-,15-,16-,17+,18-/m1/s1. The zero-order valence-electron chi connectivity index (χ0n) is 14.5. The predicted molar refractivity (Wildman–Crippen MR) is 98.4 cm³/mol. The fourth-order valence-electron chi connectivity index (χ4n) is 3.75. The summed E-state index contributed by atoms with van der Waals surface area (Å²) in [5, 5.41) is 20.0. The fourth-order valence-corrected chi connectivity index (χ4v) is 4.07. The van der Waals surface area contributed by atoms with E-state index in [4.69, 9.17) is 32.7 Å². The highest BCUT2D eigenvalue weighted by molar-refractivity contribution is 6.42. The fraction of sp³-hybridized carbons (Fsp3) is 0.500. The van der Waals surface area contributed by atoms with E-state index in [-0.39, 0.29) is 12.1 Å². The van der Waals surface area contributed by atoms with Gasteiger partial charge in [0, 0.05) is 12.2 Å². The van der Waals surface area contributed by atoms with Crippen LogP contribution in [0, 0.1) is 13.8 Å². The van der Waals surface area contributed by atoms with E-state index in [1.165, 1.54) is 0 Å². The predicted octanol–water partition coefficient (Wildman–Crippen LogP) is 2.62. The van der Waals surface area contributed by atoms with E-state index in [1.807, 2.05) is 32.0 Å². The van der Waals surface area contributed by atoms with Crippen molar-refractivity contribution in [2.24, 2.45) is 0 Å². The number of hydrogen-bond acceptors (Lipinski definition) is 5. The molecule has 4 rings (SSSR count). The van der Waals surface area contributed by atoms with Crippen LogP contribution in [0.4, 0.5) is 0 Å². The third-order valence-corrected chi connectivity index (χ3v) is 5.72. The molecule has 2 aliphatic rings. The van der Waals surface area contributed by atoms with Gasteiger partial charge < -0.3 is 19.9 Å². The van der Waals surface area contributed by atoms with Crippen molar-refractivity contribution in [1.82, 2.24) is 15.1 Å². The van der Waals surface area contributed by atoms with Crippen LogP contribution >= 0.6 is 23.2 Å². The molecule has 0 spiro atoms. The van der Waals surface area contributed by atoms with Crippen LogP contribution in [0.2, 0.25) is 10.0 Å². The molecule has 2 bridgehead atoms. The van der Waals surface area contributed by atoms with Gasteiger partial charge in [0.2, 0.25) is 0 Å². The molecule has 0 saturated carbocycles. The summed E-state index contributed by atoms with van der Waals surface area (Å²) in [7, 11) is 0. The van der Waals surface area contributed by atoms with Gasteiger partial charge in [-0.15, -0.1) is 0 Å². The maximum Gasteiger partial charge on any atom is 0.183 e. The van der Waals surface area contributed by atoms with Gasteiger partial charge in [-0.1, -0.05) is 29.3 Å². The maximum atomic E-state index is 11.0. The highest BCUT2D eigenvalue weighted by Crippen LogP contribution is 2.36. The first-order valence-electron chi connectivity index (χ1n) is 8.59. The number of nitrogens with one attached hydrogen (secondary N) is 1. The van der Waals surface area contributed by atoms with Gasteiger partial charge >= 0.3 is 0 Å². The van der Waals surface area contributed by atoms with Crippen molar-refractivity contribution in [3.8, 4) is 0 Å². The number of aromatic nitrogens is 2. The van der Waals surface area contributed by atoms with Gasteiger partial charge in [0.1, 0.15) is 12.1 Å². The Kier molecular flexibility index (Phi) is 4.98. The molecule has 1 aromatic heterocycles. The van der Waals surface area contributed by atoms with Gasteiger partial charge in [-0.3, -0.25) is 4.68 Å². The first kappa shape index (κ1) is 18.2. The average molecular weight is 398 g/mol. The van der Waals surface area contributed by atoms with Crippen LogP contribution < -0.4 is 5.32 Å². The zero-order chi connectivity index (χ0) is 18.4. The number of benzene rings is 1. The number of aryl methyl sites for hydroxylation is 2. The minimum absolute atomic E-state index is 0.203. The summed E-state index contributed by atoms with van der Waals surface area (Å²) in [5.41, 5.74) is 2.85. The van der Waals surface area contributed by atoms with Crippen LogP contribution in [0.1, 0.15) is 23.0 Å². The second-order valence-corrected chi connectivity index (χ2v) is 7.70. The van der Waals surface area contributed by atoms with E-state index >= 15 is 0 Å². The van der Waals surface area contributed by atoms with E-state index in [0.29, 0.717) is 23.2 Å². The monoisotopic (exact) mass is 397 g/mol. The Bertz CT molecular complexity index is 813. The van der Waals surface area contributed by atoms with Gasteiger partial charge in [-0.05, 0) is 37.6 Å². The summed E-state index contributed by atoms with van der Waals surface area (Å²) < 4.78 is 13.6. The third-order valence-electron chi connectivity index (χ3n) is 4.98. The Morgan fingerprint density at radius 3 is 2.77 bits per heavy atom. The Morgan fingerprint density at radius 2 is 2.08 bits per heavy atom. The number of nitrogens with zero attached hydrogens (tertiary/aromatic N) is 2. The number of aliphatic hydroxyl groups excluding tert-OH is 1. The second-order valence-electron chi connectivity index (χ2n) is 6.88. The van der Waals surface area contributed by atoms with Crippen molar-refractivity contribution in [3.63, 3.8) is 0 Å². The van der Waals surface area contributed by atoms with Crippen molar-refractivity contribution >= 4 is 23.2 Å². The molecule has 2 aliphatic heterocycles. The lowest BCUT2D eigenvalue weighted by Gasteiger charge is -2.39. The van der Waals surface area contributed by atoms with Crippen LogP contribution in [-0.2, 0) is 16.0 Å². The molecule has 2 fully saturated rings. The van der Waals surface area contributed by atoms with E-state index in [2.05, 4.69) is 10.4 Å². The Morgan fingerprint density at radius 1 is 1.27 bits per heavy atom. The van der Waals surface area contributed by atoms with E-state index < -0.39 is 18.4 Å². The quantitative estimate of drug-likeness (QED) is 0.829. The number of rotatable bonds is 4. The van der Waals surface area contributed by atoms with Crippen LogP contribution in [0.15, 0.2) is 24.3 Å². The molecule has 3 heterocycles. The van der Waals surface area contributed by atoms with Crippen molar-refractivity contribution in [1.29, 1.82) is 0 Å². The smallest absolute Gasteiger partial charge is 0.183 e. The summed E-state index contributed by atoms with van der Waals surface area (Å²) in [4.78, 5) is 0. The molecular formula is C18H21Cl2N3O3. The average Bonchev–Trinajstić information content (AvgIpc) is 3.16. The second kappa shape index (κ2) is 7.11. The summed E-state index contributed by atoms with van der Waals surface area (Å²) >= 11 is 12.1. The summed E-state index contributed by atoms with van der Waals surface area (Å²) in [6, 6.07) is 6.79. The van der Waals surface area contributed by atoms with Crippen molar-refractivity contribution in [2.45, 2.75) is 51.0 Å². The molecule has 0 aliphatic carbocycles. The minimum atomic E-state index is -0.693. The van der Waals surface area contributed by atoms with Crippen LogP contribution in [0.3, 0.4) is 0 Å². The normalized spacial score (nSPS) is 30.7. The van der Waals surface area contributed by atoms with E-state index in [0.717, 1.165) is 17.0 Å². The molecule has 2 aromatic rings. The van der Waals surface area contributed by atoms with Crippen LogP contribution in [0.25, 0.3) is 0 Å². The number of fused-ring (bicyclic) bond motifs is 2. The van der Waals surface area contributed by atoms with Gasteiger partial charge in [0.05, 0.1) is 34.5 Å². The molecule has 5 atom stereocenters. The van der Waals surface area contributed by atoms with Crippen molar-refractivity contribution in [3.05, 3.63) is 51.3 Å². The van der Waals surface area contributed by atoms with Gasteiger partial charge in [-0.25, -0.2) is 0 Å². The first-order chi connectivity index (χ1) is 12.4. The zero-order valence-corrected chi connectivity index (χ0v) is 16.0. The first-order valence-corrected chi connectivity index (χ1v) is 9.35. The lowest BCUT2D eigenvalue weighted by Crippen LogP contribution is -2.57. The van der Waals surface area contributed by atoms with E-state index in [1.54, 1.807) is 10.7 Å². The Hall–Kier alpha value is -1.15. The molecule has 6 nitrogen and oxygen atoms in total. The molecule has 0 unspecified atom stereocenters. The van der Waals surface area contributed by atoms with Crippen molar-refractivity contribution < 1.29 is 14.6 Å². The summed E-state index contributed by atoms with van der Waals surface area (Å²) in [6.45, 7) is 4.87. The lowest BCUT2D eigenvalue weighted by atomic mass is 9.95. The Labute approximate surface area is 162 Å².